The standard InChI is InChI=1S/C6H8F4O/c1-2-11-5(3-4-7)6(8,9)10/h2,5H,1,3-4H2. The van der Waals surface area contributed by atoms with Gasteiger partial charge in [0, 0.05) is 6.42 Å². The zero-order chi connectivity index (χ0) is 8.91. The summed E-state index contributed by atoms with van der Waals surface area (Å²) in [5, 5.41) is 0. The van der Waals surface area contributed by atoms with Gasteiger partial charge in [0.25, 0.3) is 0 Å². The molecule has 0 aromatic carbocycles. The normalized spacial score (nSPS) is 14.2. The van der Waals surface area contributed by atoms with Crippen molar-refractivity contribution < 1.29 is 22.3 Å². The van der Waals surface area contributed by atoms with Crippen LogP contribution in [0.4, 0.5) is 17.6 Å². The van der Waals surface area contributed by atoms with Gasteiger partial charge in [0.15, 0.2) is 6.10 Å². The third kappa shape index (κ3) is 3.85. The van der Waals surface area contributed by atoms with E-state index in [0.29, 0.717) is 6.26 Å². The van der Waals surface area contributed by atoms with E-state index in [9.17, 15) is 17.6 Å². The van der Waals surface area contributed by atoms with Gasteiger partial charge in [0.05, 0.1) is 12.9 Å². The summed E-state index contributed by atoms with van der Waals surface area (Å²) in [7, 11) is 0. The maximum absolute atomic E-state index is 11.8. The van der Waals surface area contributed by atoms with E-state index in [4.69, 9.17) is 0 Å². The monoisotopic (exact) mass is 172 g/mol. The van der Waals surface area contributed by atoms with Crippen molar-refractivity contribution in [3.05, 3.63) is 12.8 Å². The molecule has 5 heteroatoms. The summed E-state index contributed by atoms with van der Waals surface area (Å²) in [5.41, 5.74) is 0. The Kier molecular flexibility index (Phi) is 3.92. The van der Waals surface area contributed by atoms with Crippen LogP contribution in [0.5, 0.6) is 0 Å². The predicted molar refractivity (Wildman–Crippen MR) is 31.7 cm³/mol. The van der Waals surface area contributed by atoms with E-state index in [-0.39, 0.29) is 0 Å². The second kappa shape index (κ2) is 4.20. The molecule has 66 valence electrons. The Hall–Kier alpha value is -0.740. The summed E-state index contributed by atoms with van der Waals surface area (Å²) in [4.78, 5) is 0. The molecule has 0 aromatic heterocycles. The summed E-state index contributed by atoms with van der Waals surface area (Å²) in [6.45, 7) is 1.89. The van der Waals surface area contributed by atoms with Crippen LogP contribution in [0, 0.1) is 0 Å². The molecule has 0 saturated carbocycles. The topological polar surface area (TPSA) is 9.23 Å². The largest absolute Gasteiger partial charge is 0.489 e. The molecule has 0 bridgehead atoms. The number of hydrogen-bond acceptors (Lipinski definition) is 1. The summed E-state index contributed by atoms with van der Waals surface area (Å²) in [6.07, 6.45) is -6.60. The lowest BCUT2D eigenvalue weighted by atomic mass is 10.2. The van der Waals surface area contributed by atoms with E-state index in [1.165, 1.54) is 0 Å². The molecule has 0 aromatic rings. The Morgan fingerprint density at radius 2 is 2.00 bits per heavy atom. The zero-order valence-corrected chi connectivity index (χ0v) is 5.70. The minimum atomic E-state index is -4.51. The van der Waals surface area contributed by atoms with E-state index in [1.54, 1.807) is 0 Å². The van der Waals surface area contributed by atoms with Crippen molar-refractivity contribution in [3.63, 3.8) is 0 Å². The molecule has 0 aliphatic rings. The quantitative estimate of drug-likeness (QED) is 0.467. The van der Waals surface area contributed by atoms with Gasteiger partial charge in [-0.15, -0.1) is 0 Å². The second-order valence-electron chi connectivity index (χ2n) is 1.81. The molecule has 11 heavy (non-hydrogen) atoms. The molecule has 0 rings (SSSR count). The van der Waals surface area contributed by atoms with E-state index in [1.807, 2.05) is 0 Å². The van der Waals surface area contributed by atoms with Gasteiger partial charge >= 0.3 is 6.18 Å². The molecular formula is C6H8F4O. The fraction of sp³-hybridized carbons (Fsp3) is 0.667. The maximum Gasteiger partial charge on any atom is 0.425 e. The van der Waals surface area contributed by atoms with Gasteiger partial charge in [-0.3, -0.25) is 4.39 Å². The molecule has 0 fully saturated rings. The molecule has 0 spiro atoms. The molecule has 1 unspecified atom stereocenters. The highest BCUT2D eigenvalue weighted by molar-refractivity contribution is 4.70. The predicted octanol–water partition coefficient (Wildman–Crippen LogP) is 2.44. The number of alkyl halides is 4. The van der Waals surface area contributed by atoms with Crippen molar-refractivity contribution in [2.75, 3.05) is 6.67 Å². The van der Waals surface area contributed by atoms with Crippen LogP contribution in [-0.4, -0.2) is 19.0 Å². The SMILES string of the molecule is C=COC(CCF)C(F)(F)F. The molecule has 0 radical (unpaired) electrons. The molecule has 0 N–H and O–H groups in total. The number of rotatable bonds is 4. The maximum atomic E-state index is 11.8. The van der Waals surface area contributed by atoms with Gasteiger partial charge in [-0.1, -0.05) is 6.58 Å². The highest BCUT2D eigenvalue weighted by atomic mass is 19.4. The first-order valence-electron chi connectivity index (χ1n) is 2.91. The van der Waals surface area contributed by atoms with Crippen LogP contribution >= 0.6 is 0 Å². The summed E-state index contributed by atoms with van der Waals surface area (Å²) in [6, 6.07) is 0. The van der Waals surface area contributed by atoms with Gasteiger partial charge in [-0.25, -0.2) is 0 Å². The van der Waals surface area contributed by atoms with Crippen LogP contribution in [0.3, 0.4) is 0 Å². The fourth-order valence-corrected chi connectivity index (χ4v) is 0.524. The lowest BCUT2D eigenvalue weighted by molar-refractivity contribution is -0.207. The average molecular weight is 172 g/mol. The minimum absolute atomic E-state index is 0.661. The van der Waals surface area contributed by atoms with Crippen LogP contribution < -0.4 is 0 Å². The number of halogens is 4. The van der Waals surface area contributed by atoms with Gasteiger partial charge < -0.3 is 4.74 Å². The first-order chi connectivity index (χ1) is 5.02. The molecule has 1 atom stereocenters. The molecule has 0 aliphatic carbocycles. The lowest BCUT2D eigenvalue weighted by Crippen LogP contribution is -2.30. The summed E-state index contributed by atoms with van der Waals surface area (Å²) < 4.78 is 50.8. The first-order valence-corrected chi connectivity index (χ1v) is 2.91. The van der Waals surface area contributed by atoms with Crippen molar-refractivity contribution in [3.8, 4) is 0 Å². The molecule has 0 saturated heterocycles. The van der Waals surface area contributed by atoms with Crippen molar-refractivity contribution in [2.24, 2.45) is 0 Å². The zero-order valence-electron chi connectivity index (χ0n) is 5.70. The van der Waals surface area contributed by atoms with Crippen LogP contribution in [-0.2, 0) is 4.74 Å². The van der Waals surface area contributed by atoms with Gasteiger partial charge in [0.2, 0.25) is 0 Å². The van der Waals surface area contributed by atoms with Crippen molar-refractivity contribution in [1.29, 1.82) is 0 Å². The van der Waals surface area contributed by atoms with Crippen LogP contribution in [0.1, 0.15) is 6.42 Å². The third-order valence-corrected chi connectivity index (χ3v) is 0.997. The van der Waals surface area contributed by atoms with E-state index >= 15 is 0 Å². The number of hydrogen-bond donors (Lipinski definition) is 0. The average Bonchev–Trinajstić information content (AvgIpc) is 1.85. The first kappa shape index (κ1) is 10.3. The van der Waals surface area contributed by atoms with E-state index in [2.05, 4.69) is 11.3 Å². The highest BCUT2D eigenvalue weighted by Gasteiger charge is 2.40. The Morgan fingerprint density at radius 3 is 2.27 bits per heavy atom. The second-order valence-corrected chi connectivity index (χ2v) is 1.81. The molecule has 0 aliphatic heterocycles. The molecule has 0 amide bonds. The van der Waals surface area contributed by atoms with Gasteiger partial charge in [0.1, 0.15) is 0 Å². The Balaban J connectivity index is 3.97. The van der Waals surface area contributed by atoms with Crippen LogP contribution in [0.15, 0.2) is 12.8 Å². The lowest BCUT2D eigenvalue weighted by Gasteiger charge is -2.17. The van der Waals surface area contributed by atoms with Gasteiger partial charge in [-0.2, -0.15) is 13.2 Å². The third-order valence-electron chi connectivity index (χ3n) is 0.997. The smallest absolute Gasteiger partial charge is 0.425 e. The van der Waals surface area contributed by atoms with Crippen molar-refractivity contribution >= 4 is 0 Å². The Labute approximate surface area is 61.7 Å². The molecular weight excluding hydrogens is 164 g/mol. The Bertz CT molecular complexity index is 120. The highest BCUT2D eigenvalue weighted by Crippen LogP contribution is 2.25. The van der Waals surface area contributed by atoms with Crippen molar-refractivity contribution in [1.82, 2.24) is 0 Å². The minimum Gasteiger partial charge on any atom is -0.489 e. The van der Waals surface area contributed by atoms with Crippen LogP contribution in [0.2, 0.25) is 0 Å². The van der Waals surface area contributed by atoms with E-state index < -0.39 is 25.4 Å². The molecule has 0 heterocycles. The van der Waals surface area contributed by atoms with Crippen LogP contribution in [0.25, 0.3) is 0 Å². The number of ether oxygens (including phenoxy) is 1. The van der Waals surface area contributed by atoms with E-state index in [0.717, 1.165) is 0 Å². The van der Waals surface area contributed by atoms with Gasteiger partial charge in [-0.05, 0) is 0 Å². The fourth-order valence-electron chi connectivity index (χ4n) is 0.524. The Morgan fingerprint density at radius 1 is 1.45 bits per heavy atom. The summed E-state index contributed by atoms with van der Waals surface area (Å²) >= 11 is 0. The summed E-state index contributed by atoms with van der Waals surface area (Å²) in [5.74, 6) is 0. The molecule has 1 nitrogen and oxygen atoms in total. The van der Waals surface area contributed by atoms with Crippen molar-refractivity contribution in [2.45, 2.75) is 18.7 Å².